The third kappa shape index (κ3) is 4.53. The maximum atomic E-state index is 12.1. The summed E-state index contributed by atoms with van der Waals surface area (Å²) in [5.41, 5.74) is 5.54. The highest BCUT2D eigenvalue weighted by molar-refractivity contribution is 5.96. The first-order chi connectivity index (χ1) is 9.45. The van der Waals surface area contributed by atoms with Crippen molar-refractivity contribution in [2.24, 2.45) is 11.7 Å². The van der Waals surface area contributed by atoms with E-state index in [4.69, 9.17) is 5.73 Å². The monoisotopic (exact) mass is 278 g/mol. The highest BCUT2D eigenvalue weighted by atomic mass is 16.2. The summed E-state index contributed by atoms with van der Waals surface area (Å²) < 4.78 is 0. The van der Waals surface area contributed by atoms with Gasteiger partial charge < -0.3 is 16.4 Å². The van der Waals surface area contributed by atoms with Crippen LogP contribution in [0.5, 0.6) is 0 Å². The Balaban J connectivity index is 2.78. The molecular formula is C14H22N4O2. The van der Waals surface area contributed by atoms with Crippen molar-refractivity contribution in [1.29, 1.82) is 0 Å². The van der Waals surface area contributed by atoms with Gasteiger partial charge in [0.2, 0.25) is 5.91 Å². The zero-order chi connectivity index (χ0) is 15.1. The first-order valence-corrected chi connectivity index (χ1v) is 6.76. The van der Waals surface area contributed by atoms with Gasteiger partial charge in [0.15, 0.2) is 0 Å². The van der Waals surface area contributed by atoms with Gasteiger partial charge in [-0.05, 0) is 24.5 Å². The topological polar surface area (TPSA) is 97.1 Å². The fourth-order valence-corrected chi connectivity index (χ4v) is 1.69. The predicted octanol–water partition coefficient (Wildman–Crippen LogP) is 1.14. The van der Waals surface area contributed by atoms with Gasteiger partial charge in [0, 0.05) is 6.54 Å². The molecule has 0 spiro atoms. The normalized spacial score (nSPS) is 12.0. The van der Waals surface area contributed by atoms with Crippen molar-refractivity contribution in [3.05, 3.63) is 23.9 Å². The molecule has 20 heavy (non-hydrogen) atoms. The summed E-state index contributed by atoms with van der Waals surface area (Å²) >= 11 is 0. The summed E-state index contributed by atoms with van der Waals surface area (Å²) in [6.07, 6.45) is 0.967. The second-order valence-electron chi connectivity index (χ2n) is 4.93. The van der Waals surface area contributed by atoms with Gasteiger partial charge in [0.1, 0.15) is 17.6 Å². The number of rotatable bonds is 7. The lowest BCUT2D eigenvalue weighted by atomic mass is 10.0. The smallest absolute Gasteiger partial charge is 0.270 e. The first kappa shape index (κ1) is 15.9. The highest BCUT2D eigenvalue weighted by Crippen LogP contribution is 2.07. The molecule has 2 amide bonds. The van der Waals surface area contributed by atoms with Crippen LogP contribution in [0, 0.1) is 5.92 Å². The van der Waals surface area contributed by atoms with Crippen molar-refractivity contribution in [2.75, 3.05) is 11.9 Å². The van der Waals surface area contributed by atoms with Gasteiger partial charge in [0.25, 0.3) is 5.91 Å². The number of anilines is 1. The van der Waals surface area contributed by atoms with Crippen LogP contribution in [0.15, 0.2) is 18.2 Å². The van der Waals surface area contributed by atoms with E-state index < -0.39 is 17.9 Å². The molecule has 0 aromatic carbocycles. The Morgan fingerprint density at radius 2 is 2.05 bits per heavy atom. The third-order valence-corrected chi connectivity index (χ3v) is 2.80. The molecule has 0 bridgehead atoms. The molecule has 1 heterocycles. The zero-order valence-corrected chi connectivity index (χ0v) is 12.1. The minimum absolute atomic E-state index is 0.0714. The largest absolute Gasteiger partial charge is 0.370 e. The first-order valence-electron chi connectivity index (χ1n) is 6.76. The molecule has 0 saturated heterocycles. The van der Waals surface area contributed by atoms with Gasteiger partial charge in [-0.3, -0.25) is 9.59 Å². The lowest BCUT2D eigenvalue weighted by Gasteiger charge is -2.18. The Hall–Kier alpha value is -2.11. The lowest BCUT2D eigenvalue weighted by molar-refractivity contribution is -0.120. The molecule has 1 aromatic rings. The van der Waals surface area contributed by atoms with E-state index in [2.05, 4.69) is 15.6 Å². The van der Waals surface area contributed by atoms with Crippen molar-refractivity contribution in [3.8, 4) is 0 Å². The van der Waals surface area contributed by atoms with Crippen LogP contribution in [-0.4, -0.2) is 29.4 Å². The molecule has 1 aromatic heterocycles. The Kier molecular flexibility index (Phi) is 5.96. The minimum Gasteiger partial charge on any atom is -0.370 e. The maximum absolute atomic E-state index is 12.1. The molecular weight excluding hydrogens is 256 g/mol. The average molecular weight is 278 g/mol. The maximum Gasteiger partial charge on any atom is 0.270 e. The molecule has 1 rings (SSSR count). The Morgan fingerprint density at radius 1 is 1.35 bits per heavy atom. The second kappa shape index (κ2) is 7.47. The van der Waals surface area contributed by atoms with Gasteiger partial charge in [-0.15, -0.1) is 0 Å². The summed E-state index contributed by atoms with van der Waals surface area (Å²) in [5, 5.41) is 5.72. The number of hydrogen-bond donors (Lipinski definition) is 3. The number of primary amides is 1. The average Bonchev–Trinajstić information content (AvgIpc) is 2.41. The van der Waals surface area contributed by atoms with E-state index in [1.54, 1.807) is 18.2 Å². The summed E-state index contributed by atoms with van der Waals surface area (Å²) in [5.74, 6) is -0.381. The summed E-state index contributed by atoms with van der Waals surface area (Å²) in [6, 6.07) is 4.44. The SMILES string of the molecule is CCCNc1cccc(C(=O)NC(C(N)=O)C(C)C)n1. The van der Waals surface area contributed by atoms with Gasteiger partial charge in [-0.1, -0.05) is 26.8 Å². The predicted molar refractivity (Wildman–Crippen MR) is 78.3 cm³/mol. The van der Waals surface area contributed by atoms with Crippen molar-refractivity contribution in [1.82, 2.24) is 10.3 Å². The van der Waals surface area contributed by atoms with Crippen LogP contribution in [0.1, 0.15) is 37.7 Å². The van der Waals surface area contributed by atoms with E-state index in [1.165, 1.54) is 0 Å². The quantitative estimate of drug-likeness (QED) is 0.696. The van der Waals surface area contributed by atoms with Gasteiger partial charge in [-0.25, -0.2) is 4.98 Å². The molecule has 0 radical (unpaired) electrons. The number of nitrogens with one attached hydrogen (secondary N) is 2. The van der Waals surface area contributed by atoms with E-state index in [9.17, 15) is 9.59 Å². The standard InChI is InChI=1S/C14H22N4O2/c1-4-8-16-11-7-5-6-10(17-11)14(20)18-12(9(2)3)13(15)19/h5-7,9,12H,4,8H2,1-3H3,(H2,15,19)(H,16,17)(H,18,20). The molecule has 6 nitrogen and oxygen atoms in total. The molecule has 0 aliphatic heterocycles. The van der Waals surface area contributed by atoms with Gasteiger partial charge in [0.05, 0.1) is 0 Å². The molecule has 1 unspecified atom stereocenters. The molecule has 0 aliphatic rings. The fourth-order valence-electron chi connectivity index (χ4n) is 1.69. The van der Waals surface area contributed by atoms with Crippen molar-refractivity contribution >= 4 is 17.6 Å². The summed E-state index contributed by atoms with van der Waals surface area (Å²) in [6.45, 7) is 6.47. The molecule has 1 atom stereocenters. The van der Waals surface area contributed by atoms with Crippen molar-refractivity contribution in [3.63, 3.8) is 0 Å². The third-order valence-electron chi connectivity index (χ3n) is 2.80. The molecule has 0 fully saturated rings. The number of nitrogens with two attached hydrogens (primary N) is 1. The number of amides is 2. The highest BCUT2D eigenvalue weighted by Gasteiger charge is 2.22. The second-order valence-corrected chi connectivity index (χ2v) is 4.93. The van der Waals surface area contributed by atoms with E-state index in [1.807, 2.05) is 20.8 Å². The van der Waals surface area contributed by atoms with Crippen LogP contribution in [0.2, 0.25) is 0 Å². The van der Waals surface area contributed by atoms with E-state index in [0.717, 1.165) is 13.0 Å². The van der Waals surface area contributed by atoms with E-state index in [0.29, 0.717) is 5.82 Å². The Morgan fingerprint density at radius 3 is 2.60 bits per heavy atom. The Labute approximate surface area is 119 Å². The summed E-state index contributed by atoms with van der Waals surface area (Å²) in [7, 11) is 0. The van der Waals surface area contributed by atoms with Crippen LogP contribution in [-0.2, 0) is 4.79 Å². The fraction of sp³-hybridized carbons (Fsp3) is 0.500. The number of nitrogens with zero attached hydrogens (tertiary/aromatic N) is 1. The lowest BCUT2D eigenvalue weighted by Crippen LogP contribution is -2.47. The molecule has 110 valence electrons. The number of carbonyl (C=O) groups excluding carboxylic acids is 2. The van der Waals surface area contributed by atoms with Crippen LogP contribution in [0.25, 0.3) is 0 Å². The number of aromatic nitrogens is 1. The Bertz CT molecular complexity index is 474. The number of pyridine rings is 1. The van der Waals surface area contributed by atoms with Crippen molar-refractivity contribution < 1.29 is 9.59 Å². The van der Waals surface area contributed by atoms with Crippen LogP contribution in [0.4, 0.5) is 5.82 Å². The van der Waals surface area contributed by atoms with Gasteiger partial charge >= 0.3 is 0 Å². The zero-order valence-electron chi connectivity index (χ0n) is 12.1. The summed E-state index contributed by atoms with van der Waals surface area (Å²) in [4.78, 5) is 27.6. The molecule has 6 heteroatoms. The van der Waals surface area contributed by atoms with Crippen LogP contribution < -0.4 is 16.4 Å². The minimum atomic E-state index is -0.698. The van der Waals surface area contributed by atoms with Crippen LogP contribution >= 0.6 is 0 Å². The van der Waals surface area contributed by atoms with E-state index >= 15 is 0 Å². The van der Waals surface area contributed by atoms with Crippen molar-refractivity contribution in [2.45, 2.75) is 33.2 Å². The van der Waals surface area contributed by atoms with Gasteiger partial charge in [-0.2, -0.15) is 0 Å². The molecule has 0 aliphatic carbocycles. The van der Waals surface area contributed by atoms with Crippen LogP contribution in [0.3, 0.4) is 0 Å². The van der Waals surface area contributed by atoms with E-state index in [-0.39, 0.29) is 11.6 Å². The molecule has 4 N–H and O–H groups in total. The number of hydrogen-bond acceptors (Lipinski definition) is 4. The number of carbonyl (C=O) groups is 2. The molecule has 0 saturated carbocycles.